The van der Waals surface area contributed by atoms with E-state index >= 15 is 0 Å². The Morgan fingerprint density at radius 1 is 0.386 bits per heavy atom. The summed E-state index contributed by atoms with van der Waals surface area (Å²) in [5.74, 6) is 0. The van der Waals surface area contributed by atoms with Crippen molar-refractivity contribution in [2.75, 3.05) is 6.66 Å². The highest BCUT2D eigenvalue weighted by Crippen LogP contribution is 2.55. The molecule has 0 saturated carbocycles. The Morgan fingerprint density at radius 3 is 1.07 bits per heavy atom. The summed E-state index contributed by atoms with van der Waals surface area (Å²) < 4.78 is 0. The highest BCUT2D eigenvalue weighted by molar-refractivity contribution is 7.67. The Balaban J connectivity index is 2.34. The molecule has 0 radical (unpaired) electrons. The predicted molar refractivity (Wildman–Crippen MR) is 206 cm³/mol. The summed E-state index contributed by atoms with van der Waals surface area (Å²) in [6.45, 7) is 26.8. The van der Waals surface area contributed by atoms with Gasteiger partial charge >= 0.3 is 0 Å². The van der Waals surface area contributed by atoms with Crippen LogP contribution in [0.15, 0.2) is 103 Å². The average Bonchev–Trinajstić information content (AvgIpc) is 2.99. The first-order chi connectivity index (χ1) is 20.9. The molecular formula is C41H55P3. The Kier molecular flexibility index (Phi) is 12.1. The summed E-state index contributed by atoms with van der Waals surface area (Å²) in [6.07, 6.45) is 0. The zero-order valence-electron chi connectivity index (χ0n) is 29.0. The Hall–Kier alpha value is -1.83. The molecule has 1 atom stereocenters. The van der Waals surface area contributed by atoms with Crippen LogP contribution in [0.2, 0.25) is 0 Å². The fraction of sp³-hybridized carbons (Fsp3) is 0.415. The van der Waals surface area contributed by atoms with Crippen molar-refractivity contribution in [2.24, 2.45) is 0 Å². The summed E-state index contributed by atoms with van der Waals surface area (Å²) in [4.78, 5) is 0. The zero-order valence-corrected chi connectivity index (χ0v) is 31.7. The maximum Gasteiger partial charge on any atom is 0.0720 e. The van der Waals surface area contributed by atoms with Gasteiger partial charge < -0.3 is 0 Å². The van der Waals surface area contributed by atoms with Crippen LogP contribution in [0.5, 0.6) is 0 Å². The van der Waals surface area contributed by atoms with Gasteiger partial charge in [-0.3, -0.25) is 0 Å². The van der Waals surface area contributed by atoms with E-state index in [9.17, 15) is 0 Å². The molecule has 4 aromatic carbocycles. The second-order valence-corrected chi connectivity index (χ2v) is 23.0. The van der Waals surface area contributed by atoms with Crippen molar-refractivity contribution in [3.05, 3.63) is 125 Å². The fourth-order valence-electron chi connectivity index (χ4n) is 7.30. The van der Waals surface area contributed by atoms with Gasteiger partial charge in [-0.1, -0.05) is 196 Å². The third kappa shape index (κ3) is 6.80. The molecule has 0 aliphatic carbocycles. The van der Waals surface area contributed by atoms with Crippen LogP contribution in [0, 0.1) is 0 Å². The third-order valence-corrected chi connectivity index (χ3v) is 18.1. The van der Waals surface area contributed by atoms with Gasteiger partial charge in [0.05, 0.1) is 5.41 Å². The molecule has 0 nitrogen and oxygen atoms in total. The highest BCUT2D eigenvalue weighted by atomic mass is 31.1. The van der Waals surface area contributed by atoms with Crippen molar-refractivity contribution >= 4 is 39.7 Å². The minimum absolute atomic E-state index is 0.380. The van der Waals surface area contributed by atoms with E-state index in [0.29, 0.717) is 28.3 Å². The molecule has 0 bridgehead atoms. The van der Waals surface area contributed by atoms with Crippen molar-refractivity contribution in [2.45, 2.75) is 103 Å². The van der Waals surface area contributed by atoms with Gasteiger partial charge in [-0.05, 0) is 73.1 Å². The second kappa shape index (κ2) is 15.2. The van der Waals surface area contributed by atoms with Gasteiger partial charge in [-0.2, -0.15) is 0 Å². The molecule has 0 N–H and O–H groups in total. The van der Waals surface area contributed by atoms with Crippen LogP contribution in [-0.4, -0.2) is 35.0 Å². The van der Waals surface area contributed by atoms with E-state index in [1.165, 1.54) is 27.6 Å². The van der Waals surface area contributed by atoms with Crippen molar-refractivity contribution in [3.8, 4) is 0 Å². The first-order valence-electron chi connectivity index (χ1n) is 16.6. The molecule has 1 unspecified atom stereocenters. The van der Waals surface area contributed by atoms with Crippen LogP contribution in [0.3, 0.4) is 0 Å². The molecule has 0 aromatic heterocycles. The number of benzene rings is 4. The Bertz CT molecular complexity index is 1410. The lowest BCUT2D eigenvalue weighted by Crippen LogP contribution is -2.43. The maximum absolute atomic E-state index is 2.50. The van der Waals surface area contributed by atoms with Crippen molar-refractivity contribution in [1.82, 2.24) is 0 Å². The SMILES string of the molecule is CC(C)P(C)c1ccccc1C(c1ccccc1)(c1ccccc1P(C(C)C)C(C)C)c1ccccc1P(C(C)C)C(C)C. The highest BCUT2D eigenvalue weighted by Gasteiger charge is 2.45. The van der Waals surface area contributed by atoms with Crippen LogP contribution in [0.25, 0.3) is 0 Å². The lowest BCUT2D eigenvalue weighted by atomic mass is 9.65. The standard InChI is InChI=1S/C41H55P3/c1-29(2)42(11)38-26-18-15-23-35(38)41(34-21-13-12-14-22-34,36-24-16-19-27-39(36)43(30(3)4)31(5)6)37-25-17-20-28-40(37)44(32(7)8)33(9)10/h12-33H,1-11H3. The first-order valence-corrected chi connectivity index (χ1v) is 21.4. The topological polar surface area (TPSA) is 0 Å². The Morgan fingerprint density at radius 2 is 0.705 bits per heavy atom. The lowest BCUT2D eigenvalue weighted by Gasteiger charge is -2.44. The van der Waals surface area contributed by atoms with Crippen molar-refractivity contribution < 1.29 is 0 Å². The predicted octanol–water partition coefficient (Wildman–Crippen LogP) is 11.1. The fourth-order valence-corrected chi connectivity index (χ4v) is 15.0. The van der Waals surface area contributed by atoms with Crippen LogP contribution in [-0.2, 0) is 5.41 Å². The maximum atomic E-state index is 2.50. The molecule has 0 aliphatic heterocycles. The molecule has 0 heterocycles. The molecule has 3 heteroatoms. The van der Waals surface area contributed by atoms with Gasteiger partial charge in [0, 0.05) is 0 Å². The van der Waals surface area contributed by atoms with E-state index in [0.717, 1.165) is 0 Å². The van der Waals surface area contributed by atoms with Gasteiger partial charge in [0.1, 0.15) is 0 Å². The van der Waals surface area contributed by atoms with Gasteiger partial charge in [0.25, 0.3) is 0 Å². The first kappa shape index (κ1) is 35.0. The summed E-state index contributed by atoms with van der Waals surface area (Å²) in [6, 6.07) is 40.2. The minimum Gasteiger partial charge on any atom is -0.0755 e. The van der Waals surface area contributed by atoms with E-state index in [1.54, 1.807) is 10.6 Å². The van der Waals surface area contributed by atoms with Crippen molar-refractivity contribution in [3.63, 3.8) is 0 Å². The number of hydrogen-bond donors (Lipinski definition) is 0. The third-order valence-electron chi connectivity index (χ3n) is 9.07. The lowest BCUT2D eigenvalue weighted by molar-refractivity contribution is 0.759. The average molecular weight is 641 g/mol. The molecular weight excluding hydrogens is 585 g/mol. The van der Waals surface area contributed by atoms with E-state index < -0.39 is 21.3 Å². The molecule has 0 saturated heterocycles. The van der Waals surface area contributed by atoms with Gasteiger partial charge in [0.15, 0.2) is 0 Å². The largest absolute Gasteiger partial charge is 0.0755 e. The number of rotatable bonds is 12. The van der Waals surface area contributed by atoms with E-state index in [-0.39, 0.29) is 7.92 Å². The quantitative estimate of drug-likeness (QED) is 0.107. The monoisotopic (exact) mass is 640 g/mol. The molecule has 0 aliphatic rings. The summed E-state index contributed by atoms with van der Waals surface area (Å²) >= 11 is 0. The van der Waals surface area contributed by atoms with E-state index in [4.69, 9.17) is 0 Å². The van der Waals surface area contributed by atoms with E-state index in [2.05, 4.69) is 179 Å². The Labute approximate surface area is 273 Å². The molecule has 44 heavy (non-hydrogen) atoms. The van der Waals surface area contributed by atoms with Crippen molar-refractivity contribution in [1.29, 1.82) is 0 Å². The van der Waals surface area contributed by atoms with Gasteiger partial charge in [0.2, 0.25) is 0 Å². The van der Waals surface area contributed by atoms with Crippen LogP contribution in [0.4, 0.5) is 0 Å². The summed E-state index contributed by atoms with van der Waals surface area (Å²) in [7, 11) is -1.19. The molecule has 4 aromatic rings. The zero-order chi connectivity index (χ0) is 32.2. The van der Waals surface area contributed by atoms with Gasteiger partial charge in [-0.25, -0.2) is 0 Å². The van der Waals surface area contributed by atoms with Gasteiger partial charge in [-0.15, -0.1) is 0 Å². The van der Waals surface area contributed by atoms with Crippen LogP contribution in [0.1, 0.15) is 91.5 Å². The van der Waals surface area contributed by atoms with Crippen LogP contribution < -0.4 is 15.9 Å². The summed E-state index contributed by atoms with van der Waals surface area (Å²) in [5.41, 5.74) is 8.33. The molecule has 4 rings (SSSR count). The molecule has 234 valence electrons. The minimum atomic E-state index is -0.439. The number of hydrogen-bond acceptors (Lipinski definition) is 0. The molecule has 0 fully saturated rings. The molecule has 0 amide bonds. The smallest absolute Gasteiger partial charge is 0.0720 e. The summed E-state index contributed by atoms with van der Waals surface area (Å²) in [5, 5.41) is 4.65. The van der Waals surface area contributed by atoms with E-state index in [1.807, 2.05) is 0 Å². The van der Waals surface area contributed by atoms with Crippen LogP contribution >= 0.6 is 23.8 Å². The second-order valence-electron chi connectivity index (χ2n) is 13.6. The normalized spacial score (nSPS) is 13.3. The molecule has 0 spiro atoms.